The normalized spacial score (nSPS) is 32.3. The molecule has 0 spiro atoms. The molecule has 0 aromatic heterocycles. The number of esters is 1. The Bertz CT molecular complexity index is 1180. The third kappa shape index (κ3) is 13.3. The first-order chi connectivity index (χ1) is 25.7. The number of unbranched alkanes of at least 4 members (excludes halogenated alkanes) is 1. The Labute approximate surface area is 312 Å². The van der Waals surface area contributed by atoms with Gasteiger partial charge in [-0.15, -0.1) is 0 Å². The van der Waals surface area contributed by atoms with Crippen LogP contribution in [-0.2, 0) is 49.1 Å². The summed E-state index contributed by atoms with van der Waals surface area (Å²) in [5.41, 5.74) is 1.31. The first-order valence-corrected chi connectivity index (χ1v) is 20.7. The molecular weight excluding hydrogens is 660 g/mol. The summed E-state index contributed by atoms with van der Waals surface area (Å²) < 4.78 is 49.6. The van der Waals surface area contributed by atoms with E-state index in [-0.39, 0.29) is 61.3 Å². The molecule has 1 saturated carbocycles. The Hall–Kier alpha value is -2.11. The molecule has 5 unspecified atom stereocenters. The minimum atomic E-state index is -0.373. The second-order valence-corrected chi connectivity index (χ2v) is 15.2. The highest BCUT2D eigenvalue weighted by molar-refractivity contribution is 5.69. The maximum atomic E-state index is 12.4. The standard InChI is InChI=1S/C43H64O9/c44-39(52-43-23-11-15-31-48-43)19-7-2-1-6-18-35-36(27-26-34(49-40-20-8-12-28-45-40)25-24-33-16-4-3-5-17-33)38(51-42-22-10-14-30-47-42)32-37(35)50-41-21-9-13-29-46-41/h1,3-6,16-17,26-27,34-38,40-43H,2,7-15,18-25,28-32H2/b6-1-,27-26+/t34?,35-,36-,37+,38-,40?,41?,42?,43?/m1/s1. The fourth-order valence-electron chi connectivity index (χ4n) is 8.16. The highest BCUT2D eigenvalue weighted by Gasteiger charge is 2.45. The topological polar surface area (TPSA) is 90.9 Å². The molecule has 0 radical (unpaired) electrons. The van der Waals surface area contributed by atoms with Crippen LogP contribution in [0.2, 0.25) is 0 Å². The highest BCUT2D eigenvalue weighted by Crippen LogP contribution is 2.42. The van der Waals surface area contributed by atoms with Gasteiger partial charge in [-0.1, -0.05) is 54.6 Å². The van der Waals surface area contributed by atoms with Gasteiger partial charge in [-0.3, -0.25) is 4.79 Å². The first-order valence-electron chi connectivity index (χ1n) is 20.7. The molecule has 1 aromatic carbocycles. The van der Waals surface area contributed by atoms with Crippen molar-refractivity contribution in [2.45, 2.75) is 165 Å². The van der Waals surface area contributed by atoms with Crippen molar-refractivity contribution in [2.75, 3.05) is 26.4 Å². The molecule has 52 heavy (non-hydrogen) atoms. The van der Waals surface area contributed by atoms with Gasteiger partial charge in [0.2, 0.25) is 6.29 Å². The van der Waals surface area contributed by atoms with E-state index in [0.717, 1.165) is 135 Å². The van der Waals surface area contributed by atoms with Crippen LogP contribution in [0, 0.1) is 11.8 Å². The van der Waals surface area contributed by atoms with Crippen LogP contribution >= 0.6 is 0 Å². The minimum Gasteiger partial charge on any atom is -0.436 e. The second-order valence-electron chi connectivity index (χ2n) is 15.2. The van der Waals surface area contributed by atoms with Crippen LogP contribution in [0.3, 0.4) is 0 Å². The summed E-state index contributed by atoms with van der Waals surface area (Å²) in [4.78, 5) is 12.4. The Morgan fingerprint density at radius 2 is 1.35 bits per heavy atom. The number of benzene rings is 1. The smallest absolute Gasteiger partial charge is 0.308 e. The molecule has 9 nitrogen and oxygen atoms in total. The number of aryl methyl sites for hydroxylation is 1. The van der Waals surface area contributed by atoms with Gasteiger partial charge in [0.1, 0.15) is 0 Å². The average molecular weight is 725 g/mol. The molecule has 0 bridgehead atoms. The van der Waals surface area contributed by atoms with E-state index in [0.29, 0.717) is 13.0 Å². The minimum absolute atomic E-state index is 0.00757. The fourth-order valence-corrected chi connectivity index (χ4v) is 8.16. The van der Waals surface area contributed by atoms with E-state index in [4.69, 9.17) is 37.9 Å². The van der Waals surface area contributed by atoms with Gasteiger partial charge in [0.15, 0.2) is 18.9 Å². The molecule has 4 heterocycles. The molecule has 1 aliphatic carbocycles. The van der Waals surface area contributed by atoms with Gasteiger partial charge in [-0.05, 0) is 114 Å². The summed E-state index contributed by atoms with van der Waals surface area (Å²) >= 11 is 0. The van der Waals surface area contributed by atoms with Crippen molar-refractivity contribution < 1.29 is 42.7 Å². The summed E-state index contributed by atoms with van der Waals surface area (Å²) in [5, 5.41) is 0. The molecular formula is C43H64O9. The number of hydrogen-bond acceptors (Lipinski definition) is 9. The average Bonchev–Trinajstić information content (AvgIpc) is 3.50. The molecule has 4 aliphatic heterocycles. The fraction of sp³-hybridized carbons (Fsp3) is 0.744. The number of allylic oxidation sites excluding steroid dienone is 2. The van der Waals surface area contributed by atoms with Crippen molar-refractivity contribution in [3.8, 4) is 0 Å². The zero-order valence-corrected chi connectivity index (χ0v) is 31.3. The van der Waals surface area contributed by atoms with E-state index in [1.165, 1.54) is 5.56 Å². The molecule has 9 atom stereocenters. The molecule has 290 valence electrons. The van der Waals surface area contributed by atoms with Crippen molar-refractivity contribution in [3.05, 3.63) is 60.2 Å². The predicted molar refractivity (Wildman–Crippen MR) is 198 cm³/mol. The summed E-state index contributed by atoms with van der Waals surface area (Å²) in [6.07, 6.45) is 25.8. The van der Waals surface area contributed by atoms with Gasteiger partial charge in [0.25, 0.3) is 0 Å². The monoisotopic (exact) mass is 724 g/mol. The summed E-state index contributed by atoms with van der Waals surface area (Å²) in [6, 6.07) is 10.6. The van der Waals surface area contributed by atoms with Crippen LogP contribution in [-0.4, -0.2) is 75.9 Å². The second kappa shape index (κ2) is 22.3. The van der Waals surface area contributed by atoms with Gasteiger partial charge in [0, 0.05) is 45.0 Å². The van der Waals surface area contributed by atoms with Crippen LogP contribution in [0.15, 0.2) is 54.6 Å². The largest absolute Gasteiger partial charge is 0.436 e. The third-order valence-corrected chi connectivity index (χ3v) is 11.1. The molecule has 9 heteroatoms. The Kier molecular flexibility index (Phi) is 17.0. The number of carbonyl (C=O) groups excluding carboxylic acids is 1. The highest BCUT2D eigenvalue weighted by atomic mass is 16.7. The lowest BCUT2D eigenvalue weighted by Crippen LogP contribution is -2.31. The SMILES string of the molecule is O=C(CCC/C=C\C[C@@H]1[C@@H](/C=C/C(CCc2ccccc2)OC2CCCCO2)[C@H](OC2CCCCO2)C[C@@H]1OC1CCCCO1)OC1CCCCO1. The zero-order valence-electron chi connectivity index (χ0n) is 31.3. The molecule has 6 rings (SSSR count). The van der Waals surface area contributed by atoms with Crippen molar-refractivity contribution >= 4 is 5.97 Å². The lowest BCUT2D eigenvalue weighted by atomic mass is 9.89. The molecule has 1 aromatic rings. The Morgan fingerprint density at radius 3 is 1.98 bits per heavy atom. The Morgan fingerprint density at radius 1 is 0.731 bits per heavy atom. The van der Waals surface area contributed by atoms with E-state index in [9.17, 15) is 4.79 Å². The zero-order chi connectivity index (χ0) is 35.6. The predicted octanol–water partition coefficient (Wildman–Crippen LogP) is 8.73. The van der Waals surface area contributed by atoms with E-state index in [2.05, 4.69) is 54.6 Å². The number of carbonyl (C=O) groups is 1. The molecule has 5 aliphatic rings. The van der Waals surface area contributed by atoms with E-state index in [1.54, 1.807) is 0 Å². The molecule has 4 saturated heterocycles. The van der Waals surface area contributed by atoms with Gasteiger partial charge in [0.05, 0.1) is 24.9 Å². The Balaban J connectivity index is 1.14. The van der Waals surface area contributed by atoms with Crippen molar-refractivity contribution in [1.29, 1.82) is 0 Å². The van der Waals surface area contributed by atoms with E-state index in [1.807, 2.05) is 0 Å². The van der Waals surface area contributed by atoms with Gasteiger partial charge in [-0.25, -0.2) is 0 Å². The van der Waals surface area contributed by atoms with Crippen molar-refractivity contribution in [3.63, 3.8) is 0 Å². The first kappa shape index (κ1) is 39.6. The van der Waals surface area contributed by atoms with Crippen LogP contribution in [0.5, 0.6) is 0 Å². The lowest BCUT2D eigenvalue weighted by molar-refractivity contribution is -0.203. The number of rotatable bonds is 18. The quantitative estimate of drug-likeness (QED) is 0.0838. The molecule has 0 amide bonds. The number of ether oxygens (including phenoxy) is 8. The van der Waals surface area contributed by atoms with E-state index >= 15 is 0 Å². The van der Waals surface area contributed by atoms with Crippen molar-refractivity contribution in [2.24, 2.45) is 11.8 Å². The van der Waals surface area contributed by atoms with Crippen LogP contribution in [0.1, 0.15) is 121 Å². The number of hydrogen-bond donors (Lipinski definition) is 0. The van der Waals surface area contributed by atoms with Gasteiger partial charge < -0.3 is 37.9 Å². The van der Waals surface area contributed by atoms with Crippen LogP contribution in [0.25, 0.3) is 0 Å². The summed E-state index contributed by atoms with van der Waals surface area (Å²) in [6.45, 7) is 2.93. The molecule has 5 fully saturated rings. The molecule has 0 N–H and O–H groups in total. The maximum Gasteiger partial charge on any atom is 0.308 e. The van der Waals surface area contributed by atoms with E-state index < -0.39 is 0 Å². The maximum absolute atomic E-state index is 12.4. The van der Waals surface area contributed by atoms with Gasteiger partial charge >= 0.3 is 5.97 Å². The summed E-state index contributed by atoms with van der Waals surface area (Å²) in [7, 11) is 0. The van der Waals surface area contributed by atoms with Crippen LogP contribution in [0.4, 0.5) is 0 Å². The third-order valence-electron chi connectivity index (χ3n) is 11.1. The van der Waals surface area contributed by atoms with Gasteiger partial charge in [-0.2, -0.15) is 0 Å². The van der Waals surface area contributed by atoms with Crippen LogP contribution < -0.4 is 0 Å². The van der Waals surface area contributed by atoms with Crippen molar-refractivity contribution in [1.82, 2.24) is 0 Å². The lowest BCUT2D eigenvalue weighted by Gasteiger charge is -2.30. The summed E-state index contributed by atoms with van der Waals surface area (Å²) in [5.74, 6) is 0.139.